The Bertz CT molecular complexity index is 235. The number of Topliss-reactive ketones (excluding diaryl/α,β-unsaturated/α-hetero) is 1. The Morgan fingerprint density at radius 2 is 2.11 bits per heavy atom. The minimum Gasteiger partial charge on any atom is -0.389 e. The molecule has 4 nitrogen and oxygen atoms in total. The van der Waals surface area contributed by atoms with Crippen LogP contribution in [-0.2, 0) is 9.53 Å². The Morgan fingerprint density at radius 1 is 1.44 bits per heavy atom. The van der Waals surface area contributed by atoms with Crippen LogP contribution >= 0.6 is 0 Å². The first-order valence-corrected chi connectivity index (χ1v) is 7.11. The number of likely N-dealkylation sites (N-methyl/N-ethyl adjacent to an activating group) is 1. The summed E-state index contributed by atoms with van der Waals surface area (Å²) in [6, 6.07) is 0.438. The van der Waals surface area contributed by atoms with Crippen LogP contribution in [0.5, 0.6) is 0 Å². The Hall–Kier alpha value is -0.450. The van der Waals surface area contributed by atoms with Crippen molar-refractivity contribution in [2.75, 3.05) is 26.8 Å². The molecular formula is C14H27NO3. The number of hydrogen-bond donors (Lipinski definition) is 1. The zero-order valence-electron chi connectivity index (χ0n) is 11.7. The van der Waals surface area contributed by atoms with Gasteiger partial charge in [-0.05, 0) is 26.3 Å². The van der Waals surface area contributed by atoms with E-state index >= 15 is 0 Å². The highest BCUT2D eigenvalue weighted by molar-refractivity contribution is 5.79. The molecule has 0 bridgehead atoms. The molecule has 0 aromatic carbocycles. The molecule has 4 heteroatoms. The van der Waals surface area contributed by atoms with Crippen LogP contribution < -0.4 is 0 Å². The molecule has 0 radical (unpaired) electrons. The summed E-state index contributed by atoms with van der Waals surface area (Å²) < 4.78 is 5.41. The van der Waals surface area contributed by atoms with E-state index in [4.69, 9.17) is 4.74 Å². The lowest BCUT2D eigenvalue weighted by Gasteiger charge is -2.32. The fraction of sp³-hybridized carbons (Fsp3) is 0.929. The van der Waals surface area contributed by atoms with Gasteiger partial charge in [0.1, 0.15) is 5.78 Å². The van der Waals surface area contributed by atoms with E-state index in [0.717, 1.165) is 32.3 Å². The SMILES string of the molecule is CCCCOCC(O)CN(C)C1CCC(=O)CC1. The van der Waals surface area contributed by atoms with E-state index in [1.165, 1.54) is 0 Å². The lowest BCUT2D eigenvalue weighted by atomic mass is 9.93. The van der Waals surface area contributed by atoms with Gasteiger partial charge >= 0.3 is 0 Å². The number of hydrogen-bond acceptors (Lipinski definition) is 4. The van der Waals surface area contributed by atoms with Gasteiger partial charge in [-0.1, -0.05) is 13.3 Å². The highest BCUT2D eigenvalue weighted by Crippen LogP contribution is 2.19. The second-order valence-corrected chi connectivity index (χ2v) is 5.29. The topological polar surface area (TPSA) is 49.8 Å². The van der Waals surface area contributed by atoms with Crippen LogP contribution in [0.3, 0.4) is 0 Å². The van der Waals surface area contributed by atoms with Crippen LogP contribution in [0.15, 0.2) is 0 Å². The van der Waals surface area contributed by atoms with E-state index < -0.39 is 6.10 Å². The molecule has 0 aromatic rings. The maximum absolute atomic E-state index is 11.2. The van der Waals surface area contributed by atoms with Crippen molar-refractivity contribution < 1.29 is 14.6 Å². The molecule has 0 spiro atoms. The molecule has 1 unspecified atom stereocenters. The molecule has 0 heterocycles. The number of rotatable bonds is 8. The fourth-order valence-electron chi connectivity index (χ4n) is 2.37. The van der Waals surface area contributed by atoms with E-state index in [-0.39, 0.29) is 0 Å². The maximum Gasteiger partial charge on any atom is 0.133 e. The number of carbonyl (C=O) groups is 1. The van der Waals surface area contributed by atoms with E-state index in [1.54, 1.807) is 0 Å². The van der Waals surface area contributed by atoms with Crippen molar-refractivity contribution in [3.8, 4) is 0 Å². The number of aliphatic hydroxyl groups excluding tert-OH is 1. The first-order valence-electron chi connectivity index (χ1n) is 7.11. The summed E-state index contributed by atoms with van der Waals surface area (Å²) in [5, 5.41) is 9.87. The predicted molar refractivity (Wildman–Crippen MR) is 71.6 cm³/mol. The van der Waals surface area contributed by atoms with Gasteiger partial charge in [-0.15, -0.1) is 0 Å². The molecule has 1 fully saturated rings. The van der Waals surface area contributed by atoms with Crippen LogP contribution in [0.1, 0.15) is 45.4 Å². The number of aliphatic hydroxyl groups is 1. The van der Waals surface area contributed by atoms with E-state index in [0.29, 0.717) is 37.8 Å². The number of carbonyl (C=O) groups excluding carboxylic acids is 1. The van der Waals surface area contributed by atoms with Crippen molar-refractivity contribution in [3.63, 3.8) is 0 Å². The van der Waals surface area contributed by atoms with Gasteiger partial charge in [-0.3, -0.25) is 4.79 Å². The number of ether oxygens (including phenoxy) is 1. The fourth-order valence-corrected chi connectivity index (χ4v) is 2.37. The third-order valence-electron chi connectivity index (χ3n) is 3.59. The number of unbranched alkanes of at least 4 members (excludes halogenated alkanes) is 1. The molecule has 106 valence electrons. The van der Waals surface area contributed by atoms with Gasteiger partial charge in [-0.25, -0.2) is 0 Å². The minimum absolute atomic E-state index is 0.378. The average Bonchev–Trinajstić information content (AvgIpc) is 2.35. The molecule has 1 atom stereocenters. The van der Waals surface area contributed by atoms with Gasteiger partial charge in [0.05, 0.1) is 12.7 Å². The van der Waals surface area contributed by atoms with Crippen molar-refractivity contribution >= 4 is 5.78 Å². The zero-order chi connectivity index (χ0) is 13.4. The Morgan fingerprint density at radius 3 is 2.72 bits per heavy atom. The molecule has 18 heavy (non-hydrogen) atoms. The third kappa shape index (κ3) is 5.94. The van der Waals surface area contributed by atoms with Crippen molar-refractivity contribution in [1.29, 1.82) is 0 Å². The van der Waals surface area contributed by atoms with Crippen molar-refractivity contribution in [2.45, 2.75) is 57.6 Å². The largest absolute Gasteiger partial charge is 0.389 e. The molecule has 0 aromatic heterocycles. The van der Waals surface area contributed by atoms with Gasteiger partial charge in [-0.2, -0.15) is 0 Å². The first-order chi connectivity index (χ1) is 8.63. The van der Waals surface area contributed by atoms with Crippen LogP contribution in [0.2, 0.25) is 0 Å². The molecule has 0 amide bonds. The molecule has 1 N–H and O–H groups in total. The molecule has 1 aliphatic carbocycles. The second-order valence-electron chi connectivity index (χ2n) is 5.29. The van der Waals surface area contributed by atoms with Gasteiger partial charge in [0.2, 0.25) is 0 Å². The van der Waals surface area contributed by atoms with Crippen molar-refractivity contribution in [3.05, 3.63) is 0 Å². The van der Waals surface area contributed by atoms with Crippen LogP contribution in [0.4, 0.5) is 0 Å². The van der Waals surface area contributed by atoms with Crippen LogP contribution in [0, 0.1) is 0 Å². The summed E-state index contributed by atoms with van der Waals surface area (Å²) >= 11 is 0. The van der Waals surface area contributed by atoms with Gasteiger partial charge in [0, 0.05) is 32.0 Å². The normalized spacial score (nSPS) is 19.4. The Balaban J connectivity index is 2.14. The highest BCUT2D eigenvalue weighted by atomic mass is 16.5. The maximum atomic E-state index is 11.2. The Kier molecular flexibility index (Phi) is 7.47. The summed E-state index contributed by atoms with van der Waals surface area (Å²) in [6.45, 7) is 3.90. The monoisotopic (exact) mass is 257 g/mol. The van der Waals surface area contributed by atoms with E-state index in [2.05, 4.69) is 11.8 Å². The highest BCUT2D eigenvalue weighted by Gasteiger charge is 2.23. The Labute approximate surface area is 110 Å². The number of nitrogens with zero attached hydrogens (tertiary/aromatic N) is 1. The average molecular weight is 257 g/mol. The first kappa shape index (κ1) is 15.6. The summed E-state index contributed by atoms with van der Waals surface area (Å²) in [7, 11) is 2.02. The van der Waals surface area contributed by atoms with Crippen molar-refractivity contribution in [1.82, 2.24) is 4.90 Å². The summed E-state index contributed by atoms with van der Waals surface area (Å²) in [4.78, 5) is 13.3. The molecule has 1 rings (SSSR count). The van der Waals surface area contributed by atoms with Gasteiger partial charge < -0.3 is 14.7 Å². The lowest BCUT2D eigenvalue weighted by Crippen LogP contribution is -2.41. The van der Waals surface area contributed by atoms with Gasteiger partial charge in [0.25, 0.3) is 0 Å². The van der Waals surface area contributed by atoms with Crippen molar-refractivity contribution in [2.24, 2.45) is 0 Å². The van der Waals surface area contributed by atoms with Gasteiger partial charge in [0.15, 0.2) is 0 Å². The lowest BCUT2D eigenvalue weighted by molar-refractivity contribution is -0.121. The van der Waals surface area contributed by atoms with E-state index in [1.807, 2.05) is 7.05 Å². The summed E-state index contributed by atoms with van der Waals surface area (Å²) in [5.41, 5.74) is 0. The smallest absolute Gasteiger partial charge is 0.133 e. The quantitative estimate of drug-likeness (QED) is 0.671. The second kappa shape index (κ2) is 8.62. The summed E-state index contributed by atoms with van der Waals surface area (Å²) in [6.07, 6.45) is 4.98. The number of ketones is 1. The third-order valence-corrected chi connectivity index (χ3v) is 3.59. The molecule has 0 aliphatic heterocycles. The van der Waals surface area contributed by atoms with E-state index in [9.17, 15) is 9.90 Å². The zero-order valence-corrected chi connectivity index (χ0v) is 11.7. The molecule has 0 saturated heterocycles. The van der Waals surface area contributed by atoms with Crippen LogP contribution in [0.25, 0.3) is 0 Å². The predicted octanol–water partition coefficient (Wildman–Crippen LogP) is 1.61. The molecular weight excluding hydrogens is 230 g/mol. The molecule has 1 saturated carbocycles. The molecule has 1 aliphatic rings. The summed E-state index contributed by atoms with van der Waals surface area (Å²) in [5.74, 6) is 0.378. The van der Waals surface area contributed by atoms with Crippen LogP contribution in [-0.4, -0.2) is 54.7 Å². The standard InChI is InChI=1S/C14H27NO3/c1-3-4-9-18-11-14(17)10-15(2)12-5-7-13(16)8-6-12/h12,14,17H,3-11H2,1-2H3. The minimum atomic E-state index is -0.426.